The van der Waals surface area contributed by atoms with Crippen LogP contribution in [0.3, 0.4) is 0 Å². The number of rotatable bonds is 3. The summed E-state index contributed by atoms with van der Waals surface area (Å²) in [5.41, 5.74) is 2.19. The molecule has 2 aromatic heterocycles. The van der Waals surface area contributed by atoms with Crippen LogP contribution in [0.2, 0.25) is 10.0 Å². The maximum Gasteiger partial charge on any atom is 0.343 e. The highest BCUT2D eigenvalue weighted by Crippen LogP contribution is 2.30. The van der Waals surface area contributed by atoms with Crippen molar-refractivity contribution in [2.24, 2.45) is 0 Å². The fraction of sp³-hybridized carbons (Fsp3) is 0.133. The van der Waals surface area contributed by atoms with Crippen LogP contribution in [0.5, 0.6) is 0 Å². The highest BCUT2D eigenvalue weighted by molar-refractivity contribution is 6.36. The molecule has 5 nitrogen and oxygen atoms in total. The van der Waals surface area contributed by atoms with Crippen molar-refractivity contribution in [3.8, 4) is 11.3 Å². The molecule has 2 heterocycles. The fourth-order valence-electron chi connectivity index (χ4n) is 2.15. The molecule has 0 spiro atoms. The largest absolute Gasteiger partial charge is 0.462 e. The summed E-state index contributed by atoms with van der Waals surface area (Å²) >= 11 is 12.2. The summed E-state index contributed by atoms with van der Waals surface area (Å²) in [5.74, 6) is -0.454. The maximum atomic E-state index is 11.9. The monoisotopic (exact) mass is 335 g/mol. The Labute approximate surface area is 136 Å². The van der Waals surface area contributed by atoms with Gasteiger partial charge >= 0.3 is 5.97 Å². The van der Waals surface area contributed by atoms with Gasteiger partial charge in [0.2, 0.25) is 0 Å². The van der Waals surface area contributed by atoms with Gasteiger partial charge in [-0.05, 0) is 31.2 Å². The van der Waals surface area contributed by atoms with Crippen LogP contribution in [0.4, 0.5) is 0 Å². The van der Waals surface area contributed by atoms with E-state index in [2.05, 4.69) is 10.1 Å². The molecule has 0 aliphatic heterocycles. The van der Waals surface area contributed by atoms with Crippen molar-refractivity contribution < 1.29 is 9.53 Å². The fourth-order valence-corrected chi connectivity index (χ4v) is 2.65. The Morgan fingerprint density at radius 1 is 1.32 bits per heavy atom. The van der Waals surface area contributed by atoms with Crippen molar-refractivity contribution in [3.63, 3.8) is 0 Å². The number of carbonyl (C=O) groups is 1. The Morgan fingerprint density at radius 2 is 2.14 bits per heavy atom. The minimum absolute atomic E-state index is 0.291. The number of hydrogen-bond donors (Lipinski definition) is 0. The smallest absolute Gasteiger partial charge is 0.343 e. The van der Waals surface area contributed by atoms with Crippen LogP contribution in [0.15, 0.2) is 36.7 Å². The summed E-state index contributed by atoms with van der Waals surface area (Å²) < 4.78 is 6.56. The van der Waals surface area contributed by atoms with E-state index < -0.39 is 5.97 Å². The van der Waals surface area contributed by atoms with E-state index in [-0.39, 0.29) is 0 Å². The third-order valence-electron chi connectivity index (χ3n) is 3.10. The Bertz CT molecular complexity index is 861. The van der Waals surface area contributed by atoms with E-state index >= 15 is 0 Å². The SMILES string of the molecule is CCOC(=O)c1cnn2c(-c3ccc(Cl)cc3Cl)ccnc12. The molecule has 1 aromatic carbocycles. The van der Waals surface area contributed by atoms with Crippen molar-refractivity contribution in [1.82, 2.24) is 14.6 Å². The van der Waals surface area contributed by atoms with Gasteiger partial charge in [0.1, 0.15) is 5.56 Å². The van der Waals surface area contributed by atoms with Crippen LogP contribution in [0, 0.1) is 0 Å². The lowest BCUT2D eigenvalue weighted by molar-refractivity contribution is 0.0528. The Balaban J connectivity index is 2.18. The number of benzene rings is 1. The number of halogens is 2. The summed E-state index contributed by atoms with van der Waals surface area (Å²) in [6, 6.07) is 6.96. The van der Waals surface area contributed by atoms with Gasteiger partial charge in [-0.3, -0.25) is 0 Å². The van der Waals surface area contributed by atoms with Gasteiger partial charge in [-0.25, -0.2) is 14.3 Å². The maximum absolute atomic E-state index is 11.9. The number of esters is 1. The van der Waals surface area contributed by atoms with E-state index in [9.17, 15) is 4.79 Å². The normalized spacial score (nSPS) is 10.9. The first-order chi connectivity index (χ1) is 10.6. The molecule has 0 saturated carbocycles. The quantitative estimate of drug-likeness (QED) is 0.681. The van der Waals surface area contributed by atoms with E-state index in [4.69, 9.17) is 27.9 Å². The van der Waals surface area contributed by atoms with Gasteiger partial charge in [-0.15, -0.1) is 0 Å². The zero-order valence-corrected chi connectivity index (χ0v) is 13.1. The standard InChI is InChI=1S/C15H11Cl2N3O2/c1-2-22-15(21)11-8-19-20-13(5-6-18-14(11)20)10-4-3-9(16)7-12(10)17/h3-8H,2H2,1H3. The third-order valence-corrected chi connectivity index (χ3v) is 3.65. The summed E-state index contributed by atoms with van der Waals surface area (Å²) in [5, 5.41) is 5.27. The lowest BCUT2D eigenvalue weighted by atomic mass is 10.1. The molecule has 22 heavy (non-hydrogen) atoms. The van der Waals surface area contributed by atoms with Gasteiger partial charge in [0.25, 0.3) is 0 Å². The van der Waals surface area contributed by atoms with Crippen LogP contribution < -0.4 is 0 Å². The summed E-state index contributed by atoms with van der Waals surface area (Å²) in [6.07, 6.45) is 3.04. The number of nitrogens with zero attached hydrogens (tertiary/aromatic N) is 3. The molecule has 0 aliphatic carbocycles. The first kappa shape index (κ1) is 14.8. The molecule has 0 bridgehead atoms. The molecule has 0 radical (unpaired) electrons. The van der Waals surface area contributed by atoms with Gasteiger partial charge in [0.15, 0.2) is 5.65 Å². The van der Waals surface area contributed by atoms with Crippen molar-refractivity contribution in [3.05, 3.63) is 52.3 Å². The Hall–Kier alpha value is -2.11. The molecule has 112 valence electrons. The van der Waals surface area contributed by atoms with Gasteiger partial charge in [0.05, 0.1) is 23.5 Å². The second-order valence-corrected chi connectivity index (χ2v) is 5.31. The topological polar surface area (TPSA) is 56.5 Å². The van der Waals surface area contributed by atoms with Gasteiger partial charge in [-0.1, -0.05) is 23.2 Å². The van der Waals surface area contributed by atoms with Crippen LogP contribution in [-0.4, -0.2) is 27.2 Å². The molecule has 0 fully saturated rings. The minimum atomic E-state index is -0.454. The van der Waals surface area contributed by atoms with Crippen LogP contribution in [0.25, 0.3) is 16.9 Å². The van der Waals surface area contributed by atoms with E-state index in [0.717, 1.165) is 5.56 Å². The third kappa shape index (κ3) is 2.53. The van der Waals surface area contributed by atoms with E-state index in [1.807, 2.05) is 0 Å². The second kappa shape index (κ2) is 5.94. The van der Waals surface area contributed by atoms with E-state index in [1.54, 1.807) is 41.9 Å². The molecule has 7 heteroatoms. The second-order valence-electron chi connectivity index (χ2n) is 4.47. The van der Waals surface area contributed by atoms with Crippen molar-refractivity contribution in [2.75, 3.05) is 6.61 Å². The zero-order valence-electron chi connectivity index (χ0n) is 11.6. The molecule has 0 aliphatic rings. The van der Waals surface area contributed by atoms with Crippen molar-refractivity contribution >= 4 is 34.8 Å². The Kier molecular flexibility index (Phi) is 4.00. The highest BCUT2D eigenvalue weighted by atomic mass is 35.5. The zero-order chi connectivity index (χ0) is 15.7. The molecule has 0 atom stereocenters. The van der Waals surface area contributed by atoms with Crippen LogP contribution >= 0.6 is 23.2 Å². The first-order valence-electron chi connectivity index (χ1n) is 6.57. The van der Waals surface area contributed by atoms with Gasteiger partial charge in [0, 0.05) is 16.8 Å². The molecule has 0 saturated heterocycles. The van der Waals surface area contributed by atoms with Gasteiger partial charge < -0.3 is 4.74 Å². The molecule has 3 rings (SSSR count). The van der Waals surface area contributed by atoms with Crippen LogP contribution in [-0.2, 0) is 4.74 Å². The number of hydrogen-bond acceptors (Lipinski definition) is 4. The molecule has 0 N–H and O–H groups in total. The lowest BCUT2D eigenvalue weighted by Crippen LogP contribution is -2.05. The number of carbonyl (C=O) groups excluding carboxylic acids is 1. The summed E-state index contributed by atoms with van der Waals surface area (Å²) in [6.45, 7) is 2.04. The number of aromatic nitrogens is 3. The molecule has 0 amide bonds. The highest BCUT2D eigenvalue weighted by Gasteiger charge is 2.17. The summed E-state index contributed by atoms with van der Waals surface area (Å²) in [4.78, 5) is 16.1. The average molecular weight is 336 g/mol. The lowest BCUT2D eigenvalue weighted by Gasteiger charge is -2.07. The first-order valence-corrected chi connectivity index (χ1v) is 7.32. The Morgan fingerprint density at radius 3 is 2.86 bits per heavy atom. The van der Waals surface area contributed by atoms with Crippen molar-refractivity contribution in [2.45, 2.75) is 6.92 Å². The molecular weight excluding hydrogens is 325 g/mol. The predicted octanol–water partition coefficient (Wildman–Crippen LogP) is 3.88. The summed E-state index contributed by atoms with van der Waals surface area (Å²) in [7, 11) is 0. The average Bonchev–Trinajstić information content (AvgIpc) is 2.92. The molecule has 3 aromatic rings. The van der Waals surface area contributed by atoms with Crippen molar-refractivity contribution in [1.29, 1.82) is 0 Å². The predicted molar refractivity (Wildman–Crippen MR) is 84.4 cm³/mol. The molecule has 0 unspecified atom stereocenters. The van der Waals surface area contributed by atoms with E-state index in [0.29, 0.717) is 33.6 Å². The van der Waals surface area contributed by atoms with Gasteiger partial charge in [-0.2, -0.15) is 5.10 Å². The minimum Gasteiger partial charge on any atom is -0.462 e. The number of fused-ring (bicyclic) bond motifs is 1. The van der Waals surface area contributed by atoms with Crippen LogP contribution in [0.1, 0.15) is 17.3 Å². The number of ether oxygens (including phenoxy) is 1. The van der Waals surface area contributed by atoms with E-state index in [1.165, 1.54) is 6.20 Å². The molecular formula is C15H11Cl2N3O2.